The number of piperazine rings is 1. The molecule has 0 bridgehead atoms. The Kier molecular flexibility index (Phi) is 7.84. The average molecular weight is 518 g/mol. The van der Waals surface area contributed by atoms with E-state index in [0.29, 0.717) is 24.6 Å². The second-order valence-corrected chi connectivity index (χ2v) is 10.8. The molecule has 2 heterocycles. The number of rotatable bonds is 5. The van der Waals surface area contributed by atoms with Crippen molar-refractivity contribution >= 4 is 17.3 Å². The number of piperidine rings is 1. The van der Waals surface area contributed by atoms with Crippen molar-refractivity contribution in [3.8, 4) is 12.1 Å². The van der Waals surface area contributed by atoms with Gasteiger partial charge in [-0.1, -0.05) is 30.3 Å². The zero-order chi connectivity index (χ0) is 27.4. The van der Waals surface area contributed by atoms with Crippen LogP contribution < -0.4 is 9.80 Å². The van der Waals surface area contributed by atoms with Gasteiger partial charge in [0.15, 0.2) is 0 Å². The molecular weight excluding hydrogens is 482 g/mol. The number of carbonyl (C=O) groups is 1. The Morgan fingerprint density at radius 3 is 1.87 bits per heavy atom. The second-order valence-electron chi connectivity index (χ2n) is 10.8. The Hall–Kier alpha value is -4.29. The number of hydrogen-bond acceptors (Lipinski definition) is 5. The predicted octanol–water partition coefficient (Wildman–Crippen LogP) is 5.47. The third-order valence-electron chi connectivity index (χ3n) is 8.33. The number of aryl methyl sites for hydroxylation is 2. The molecule has 2 saturated heterocycles. The lowest BCUT2D eigenvalue weighted by atomic mass is 9.86. The van der Waals surface area contributed by atoms with E-state index in [9.17, 15) is 15.3 Å². The van der Waals surface area contributed by atoms with Crippen LogP contribution in [0.15, 0.2) is 60.7 Å². The molecule has 3 aromatic carbocycles. The molecule has 0 saturated carbocycles. The van der Waals surface area contributed by atoms with Gasteiger partial charge >= 0.3 is 0 Å². The summed E-state index contributed by atoms with van der Waals surface area (Å²) in [6, 6.07) is 24.4. The topological polar surface area (TPSA) is 74.4 Å². The fraction of sp³-hybridized carbons (Fsp3) is 0.364. The van der Waals surface area contributed by atoms with Crippen LogP contribution >= 0.6 is 0 Å². The highest BCUT2D eigenvalue weighted by molar-refractivity contribution is 5.96. The van der Waals surface area contributed by atoms with Crippen LogP contribution in [0.4, 0.5) is 11.4 Å². The van der Waals surface area contributed by atoms with Gasteiger partial charge in [0.05, 0.1) is 22.5 Å². The van der Waals surface area contributed by atoms with E-state index >= 15 is 0 Å². The lowest BCUT2D eigenvalue weighted by molar-refractivity contribution is 0.0746. The minimum Gasteiger partial charge on any atom is -0.370 e. The zero-order valence-electron chi connectivity index (χ0n) is 22.9. The molecule has 0 atom stereocenters. The maximum atomic E-state index is 13.6. The number of anilines is 2. The van der Waals surface area contributed by atoms with Crippen LogP contribution in [0.2, 0.25) is 0 Å². The quantitative estimate of drug-likeness (QED) is 0.449. The van der Waals surface area contributed by atoms with Crippen LogP contribution in [0.25, 0.3) is 0 Å². The van der Waals surface area contributed by atoms with Crippen molar-refractivity contribution in [1.29, 1.82) is 10.5 Å². The number of carbonyl (C=O) groups excluding carboxylic acids is 1. The van der Waals surface area contributed by atoms with Crippen LogP contribution in [0.5, 0.6) is 0 Å². The van der Waals surface area contributed by atoms with Gasteiger partial charge < -0.3 is 14.7 Å². The number of amides is 1. The minimum absolute atomic E-state index is 0.102. The molecule has 5 rings (SSSR count). The van der Waals surface area contributed by atoms with Crippen molar-refractivity contribution in [1.82, 2.24) is 4.90 Å². The molecule has 0 aromatic heterocycles. The van der Waals surface area contributed by atoms with Crippen molar-refractivity contribution in [2.45, 2.75) is 33.1 Å². The maximum Gasteiger partial charge on any atom is 0.254 e. The number of nitrogens with zero attached hydrogens (tertiary/aromatic N) is 5. The Labute approximate surface area is 231 Å². The van der Waals surface area contributed by atoms with Crippen LogP contribution in [-0.4, -0.2) is 50.1 Å². The first-order valence-electron chi connectivity index (χ1n) is 13.9. The van der Waals surface area contributed by atoms with Crippen LogP contribution in [0, 0.1) is 42.4 Å². The molecule has 39 heavy (non-hydrogen) atoms. The molecule has 0 radical (unpaired) electrons. The highest BCUT2D eigenvalue weighted by Gasteiger charge is 2.26. The molecule has 3 aromatic rings. The molecule has 0 aliphatic carbocycles. The number of nitriles is 2. The normalized spacial score (nSPS) is 16.1. The van der Waals surface area contributed by atoms with Gasteiger partial charge in [0.1, 0.15) is 12.1 Å². The summed E-state index contributed by atoms with van der Waals surface area (Å²) in [5.41, 5.74) is 7.75. The Balaban J connectivity index is 1.23. The molecule has 1 amide bonds. The number of hydrogen-bond donors (Lipinski definition) is 0. The molecule has 6 heteroatoms. The van der Waals surface area contributed by atoms with Crippen molar-refractivity contribution in [2.75, 3.05) is 49.1 Å². The number of para-hydroxylation sites is 2. The maximum absolute atomic E-state index is 13.6. The third-order valence-corrected chi connectivity index (χ3v) is 8.33. The molecule has 6 nitrogen and oxygen atoms in total. The van der Waals surface area contributed by atoms with E-state index in [0.717, 1.165) is 73.5 Å². The Morgan fingerprint density at radius 2 is 1.31 bits per heavy atom. The summed E-state index contributed by atoms with van der Waals surface area (Å²) in [5.74, 6) is 0.661. The molecule has 198 valence electrons. The van der Waals surface area contributed by atoms with E-state index in [1.165, 1.54) is 11.1 Å². The monoisotopic (exact) mass is 517 g/mol. The first-order chi connectivity index (χ1) is 19.0. The highest BCUT2D eigenvalue weighted by Crippen LogP contribution is 2.30. The van der Waals surface area contributed by atoms with Gasteiger partial charge in [0.2, 0.25) is 0 Å². The SMILES string of the molecule is Cc1cc(C)c(C(=O)N2CCN(c3ccccc3C#N)CC2)cc1CC1CCN(c2ccccc2C#N)CC1. The molecular formula is C33H35N5O. The van der Waals surface area contributed by atoms with Gasteiger partial charge in [-0.15, -0.1) is 0 Å². The lowest BCUT2D eigenvalue weighted by Gasteiger charge is -2.37. The molecule has 0 unspecified atom stereocenters. The summed E-state index contributed by atoms with van der Waals surface area (Å²) in [4.78, 5) is 20.1. The van der Waals surface area contributed by atoms with Gasteiger partial charge in [-0.25, -0.2) is 0 Å². The highest BCUT2D eigenvalue weighted by atomic mass is 16.2. The Bertz CT molecular complexity index is 1430. The molecule has 0 N–H and O–H groups in total. The molecule has 2 aliphatic heterocycles. The van der Waals surface area contributed by atoms with Crippen molar-refractivity contribution < 1.29 is 4.79 Å². The van der Waals surface area contributed by atoms with Gasteiger partial charge in [-0.05, 0) is 86.1 Å². The summed E-state index contributed by atoms with van der Waals surface area (Å²) >= 11 is 0. The first-order valence-corrected chi connectivity index (χ1v) is 13.9. The average Bonchev–Trinajstić information content (AvgIpc) is 2.98. The fourth-order valence-corrected chi connectivity index (χ4v) is 6.05. The summed E-state index contributed by atoms with van der Waals surface area (Å²) < 4.78 is 0. The summed E-state index contributed by atoms with van der Waals surface area (Å²) in [7, 11) is 0. The third kappa shape index (κ3) is 5.61. The van der Waals surface area contributed by atoms with Crippen molar-refractivity contribution in [3.05, 3.63) is 94.0 Å². The lowest BCUT2D eigenvalue weighted by Crippen LogP contribution is -2.49. The van der Waals surface area contributed by atoms with E-state index in [2.05, 4.69) is 41.0 Å². The summed E-state index contributed by atoms with van der Waals surface area (Å²) in [6.07, 6.45) is 3.11. The van der Waals surface area contributed by atoms with Crippen molar-refractivity contribution in [2.24, 2.45) is 5.92 Å². The van der Waals surface area contributed by atoms with E-state index in [1.54, 1.807) is 0 Å². The van der Waals surface area contributed by atoms with Crippen LogP contribution in [0.3, 0.4) is 0 Å². The smallest absolute Gasteiger partial charge is 0.254 e. The fourth-order valence-electron chi connectivity index (χ4n) is 6.05. The van der Waals surface area contributed by atoms with Crippen LogP contribution in [-0.2, 0) is 6.42 Å². The molecule has 0 spiro atoms. The van der Waals surface area contributed by atoms with E-state index in [4.69, 9.17) is 0 Å². The van der Waals surface area contributed by atoms with Crippen LogP contribution in [0.1, 0.15) is 51.0 Å². The van der Waals surface area contributed by atoms with Gasteiger partial charge in [-0.3, -0.25) is 4.79 Å². The molecule has 2 aliphatic rings. The van der Waals surface area contributed by atoms with Gasteiger partial charge in [-0.2, -0.15) is 10.5 Å². The first kappa shape index (κ1) is 26.3. The van der Waals surface area contributed by atoms with Crippen molar-refractivity contribution in [3.63, 3.8) is 0 Å². The van der Waals surface area contributed by atoms with E-state index in [1.807, 2.05) is 60.4 Å². The number of benzene rings is 3. The largest absolute Gasteiger partial charge is 0.370 e. The van der Waals surface area contributed by atoms with Gasteiger partial charge in [0, 0.05) is 44.8 Å². The predicted molar refractivity (Wildman–Crippen MR) is 155 cm³/mol. The summed E-state index contributed by atoms with van der Waals surface area (Å²) in [5, 5.41) is 18.9. The van der Waals surface area contributed by atoms with E-state index < -0.39 is 0 Å². The molecule has 2 fully saturated rings. The Morgan fingerprint density at radius 1 is 0.769 bits per heavy atom. The second kappa shape index (κ2) is 11.6. The standard InChI is InChI=1S/C33H35N5O/c1-24-19-25(2)30(33(39)38-17-15-37(16-18-38)32-10-6-4-8-28(32)23-35)21-29(24)20-26-11-13-36(14-12-26)31-9-5-3-7-27(31)22-34/h3-10,19,21,26H,11-18,20H2,1-2H3. The van der Waals surface area contributed by atoms with Gasteiger partial charge in [0.25, 0.3) is 5.91 Å². The zero-order valence-corrected chi connectivity index (χ0v) is 22.9. The van der Waals surface area contributed by atoms with E-state index in [-0.39, 0.29) is 5.91 Å². The minimum atomic E-state index is 0.102. The summed E-state index contributed by atoms with van der Waals surface area (Å²) in [6.45, 7) is 8.80.